The molecule has 3 rings (SSSR count). The average Bonchev–Trinajstić information content (AvgIpc) is 2.74. The van der Waals surface area contributed by atoms with Gasteiger partial charge in [0.2, 0.25) is 5.91 Å². The number of hydrogen-bond donors (Lipinski definition) is 3. The standard InChI is InChI=1S/C26H41N5O2/c1-25(2)12-6-7-13-26(3)16-20-10-4-5-11-21(20)17-30(18-22(26)32)23(33)19-31(25)15-9-8-14-29-24(27)28/h4-5,10-11H,6-9,12-19H2,1-3H3,(H4,27,28,29). The number of unbranched alkanes of at least 4 members (excludes halogenated alkanes) is 1. The monoisotopic (exact) mass is 455 g/mol. The molecule has 33 heavy (non-hydrogen) atoms. The number of fused-ring (bicyclic) bond motifs is 4. The predicted octanol–water partition coefficient (Wildman–Crippen LogP) is 3.06. The Labute approximate surface area is 198 Å². The molecule has 2 bridgehead atoms. The lowest BCUT2D eigenvalue weighted by atomic mass is 9.73. The number of amides is 1. The minimum atomic E-state index is -0.429. The van der Waals surface area contributed by atoms with Crippen molar-refractivity contribution in [3.05, 3.63) is 35.4 Å². The summed E-state index contributed by atoms with van der Waals surface area (Å²) in [5.74, 6) is 0.204. The Balaban J connectivity index is 1.83. The van der Waals surface area contributed by atoms with Crippen LogP contribution >= 0.6 is 0 Å². The van der Waals surface area contributed by atoms with E-state index in [2.05, 4.69) is 43.1 Å². The number of guanidine groups is 1. The van der Waals surface area contributed by atoms with E-state index in [9.17, 15) is 9.59 Å². The smallest absolute Gasteiger partial charge is 0.237 e. The van der Waals surface area contributed by atoms with E-state index in [1.54, 1.807) is 4.90 Å². The lowest BCUT2D eigenvalue weighted by Crippen LogP contribution is -2.52. The molecule has 0 aliphatic carbocycles. The van der Waals surface area contributed by atoms with Gasteiger partial charge in [-0.05, 0) is 63.6 Å². The first-order chi connectivity index (χ1) is 15.6. The highest BCUT2D eigenvalue weighted by atomic mass is 16.2. The minimum absolute atomic E-state index is 0.00847. The predicted molar refractivity (Wildman–Crippen MR) is 132 cm³/mol. The van der Waals surface area contributed by atoms with Gasteiger partial charge in [-0.15, -0.1) is 0 Å². The van der Waals surface area contributed by atoms with Crippen molar-refractivity contribution in [1.82, 2.24) is 15.1 Å². The highest BCUT2D eigenvalue weighted by Crippen LogP contribution is 2.35. The molecule has 1 aromatic carbocycles. The van der Waals surface area contributed by atoms with Crippen LogP contribution in [0.2, 0.25) is 0 Å². The Hall–Kier alpha value is -2.41. The van der Waals surface area contributed by atoms with E-state index in [0.717, 1.165) is 57.1 Å². The van der Waals surface area contributed by atoms with Crippen LogP contribution in [-0.2, 0) is 22.6 Å². The van der Waals surface area contributed by atoms with Crippen LogP contribution in [0.3, 0.4) is 0 Å². The number of carbonyl (C=O) groups is 2. The number of hydrogen-bond acceptors (Lipinski definition) is 4. The Kier molecular flexibility index (Phi) is 8.16. The number of nitrogens with one attached hydrogen (secondary N) is 2. The van der Waals surface area contributed by atoms with E-state index in [-0.39, 0.29) is 29.7 Å². The van der Waals surface area contributed by atoms with Crippen molar-refractivity contribution in [3.63, 3.8) is 0 Å². The third kappa shape index (κ3) is 6.56. The lowest BCUT2D eigenvalue weighted by molar-refractivity contribution is -0.142. The molecule has 1 unspecified atom stereocenters. The van der Waals surface area contributed by atoms with E-state index >= 15 is 0 Å². The summed E-state index contributed by atoms with van der Waals surface area (Å²) in [4.78, 5) is 31.0. The summed E-state index contributed by atoms with van der Waals surface area (Å²) in [6.07, 6.45) is 6.46. The van der Waals surface area contributed by atoms with Gasteiger partial charge in [0.15, 0.2) is 11.7 Å². The number of rotatable bonds is 5. The molecule has 0 aromatic heterocycles. The zero-order valence-corrected chi connectivity index (χ0v) is 20.6. The average molecular weight is 456 g/mol. The molecule has 1 fully saturated rings. The van der Waals surface area contributed by atoms with Crippen LogP contribution in [0, 0.1) is 10.8 Å². The maximum absolute atomic E-state index is 13.6. The van der Waals surface area contributed by atoms with Crippen LogP contribution in [-0.4, -0.2) is 59.2 Å². The van der Waals surface area contributed by atoms with Crippen LogP contribution in [0.4, 0.5) is 0 Å². The summed E-state index contributed by atoms with van der Waals surface area (Å²) in [7, 11) is 0. The number of Topliss-reactive ketones (excluding diaryl/α,β-unsaturated/α-hetero) is 1. The molecular weight excluding hydrogens is 414 g/mol. The van der Waals surface area contributed by atoms with Crippen molar-refractivity contribution >= 4 is 17.6 Å². The first-order valence-electron chi connectivity index (χ1n) is 12.3. The summed E-state index contributed by atoms with van der Waals surface area (Å²) in [6.45, 7) is 9.03. The molecule has 7 nitrogen and oxygen atoms in total. The minimum Gasteiger partial charge on any atom is -0.370 e. The van der Waals surface area contributed by atoms with E-state index in [1.165, 1.54) is 5.56 Å². The molecule has 182 valence electrons. The fourth-order valence-corrected chi connectivity index (χ4v) is 5.17. The van der Waals surface area contributed by atoms with Gasteiger partial charge in [0.25, 0.3) is 0 Å². The Morgan fingerprint density at radius 1 is 1.03 bits per heavy atom. The summed E-state index contributed by atoms with van der Waals surface area (Å²) < 4.78 is 0. The van der Waals surface area contributed by atoms with Gasteiger partial charge >= 0.3 is 0 Å². The number of carbonyl (C=O) groups excluding carboxylic acids is 2. The lowest BCUT2D eigenvalue weighted by Gasteiger charge is -2.42. The molecule has 2 aliphatic rings. The summed E-state index contributed by atoms with van der Waals surface area (Å²) in [6, 6.07) is 8.27. The normalized spacial score (nSPS) is 24.3. The SMILES string of the molecule is CC12CCCCC(C)(C)N(CCCCNC(=N)N)CC(=O)N(CC1=O)Cc1ccccc1C2. The molecule has 0 radical (unpaired) electrons. The quantitative estimate of drug-likeness (QED) is 0.360. The molecular formula is C26H41N5O2. The Morgan fingerprint density at radius 3 is 2.45 bits per heavy atom. The van der Waals surface area contributed by atoms with Crippen LogP contribution < -0.4 is 11.1 Å². The highest BCUT2D eigenvalue weighted by Gasteiger charge is 2.39. The fourth-order valence-electron chi connectivity index (χ4n) is 5.17. The first-order valence-corrected chi connectivity index (χ1v) is 12.3. The second-order valence-electron chi connectivity index (χ2n) is 10.7. The number of nitrogens with zero attached hydrogens (tertiary/aromatic N) is 2. The molecule has 4 N–H and O–H groups in total. The molecule has 1 atom stereocenters. The fraction of sp³-hybridized carbons (Fsp3) is 0.654. The van der Waals surface area contributed by atoms with Crippen molar-refractivity contribution in [1.29, 1.82) is 5.41 Å². The van der Waals surface area contributed by atoms with Crippen LogP contribution in [0.25, 0.3) is 0 Å². The van der Waals surface area contributed by atoms with Gasteiger partial charge in [-0.3, -0.25) is 19.9 Å². The van der Waals surface area contributed by atoms with Gasteiger partial charge in [0.05, 0.1) is 13.1 Å². The van der Waals surface area contributed by atoms with Gasteiger partial charge in [-0.25, -0.2) is 0 Å². The third-order valence-electron chi connectivity index (χ3n) is 7.54. The van der Waals surface area contributed by atoms with E-state index in [4.69, 9.17) is 11.1 Å². The molecule has 1 saturated heterocycles. The molecule has 2 aliphatic heterocycles. The molecule has 1 aromatic rings. The van der Waals surface area contributed by atoms with Crippen molar-refractivity contribution in [2.24, 2.45) is 11.1 Å². The van der Waals surface area contributed by atoms with Crippen molar-refractivity contribution in [2.45, 2.75) is 77.8 Å². The van der Waals surface area contributed by atoms with Gasteiger partial charge in [0.1, 0.15) is 0 Å². The Bertz CT molecular complexity index is 868. The zero-order valence-electron chi connectivity index (χ0n) is 20.6. The second-order valence-corrected chi connectivity index (χ2v) is 10.7. The first kappa shape index (κ1) is 25.2. The van der Waals surface area contributed by atoms with E-state index in [0.29, 0.717) is 19.6 Å². The molecule has 7 heteroatoms. The van der Waals surface area contributed by atoms with Gasteiger partial charge in [-0.2, -0.15) is 0 Å². The van der Waals surface area contributed by atoms with Crippen LogP contribution in [0.1, 0.15) is 70.4 Å². The maximum Gasteiger partial charge on any atom is 0.237 e. The summed E-state index contributed by atoms with van der Waals surface area (Å²) in [5.41, 5.74) is 7.19. The molecule has 2 heterocycles. The summed E-state index contributed by atoms with van der Waals surface area (Å²) >= 11 is 0. The van der Waals surface area contributed by atoms with Gasteiger partial charge in [0, 0.05) is 24.0 Å². The van der Waals surface area contributed by atoms with Crippen LogP contribution in [0.5, 0.6) is 0 Å². The zero-order chi connectivity index (χ0) is 24.1. The third-order valence-corrected chi connectivity index (χ3v) is 7.54. The highest BCUT2D eigenvalue weighted by molar-refractivity contribution is 5.91. The van der Waals surface area contributed by atoms with Crippen molar-refractivity contribution < 1.29 is 9.59 Å². The van der Waals surface area contributed by atoms with Crippen LogP contribution in [0.15, 0.2) is 24.3 Å². The Morgan fingerprint density at radius 2 is 1.73 bits per heavy atom. The topological polar surface area (TPSA) is 103 Å². The van der Waals surface area contributed by atoms with E-state index < -0.39 is 5.41 Å². The molecule has 0 spiro atoms. The van der Waals surface area contributed by atoms with E-state index in [1.807, 2.05) is 12.1 Å². The number of nitrogens with two attached hydrogens (primary N) is 1. The second kappa shape index (κ2) is 10.7. The largest absolute Gasteiger partial charge is 0.370 e. The summed E-state index contributed by atoms with van der Waals surface area (Å²) in [5, 5.41) is 10.1. The van der Waals surface area contributed by atoms with Crippen molar-refractivity contribution in [2.75, 3.05) is 26.2 Å². The number of benzene rings is 1. The van der Waals surface area contributed by atoms with Gasteiger partial charge in [-0.1, -0.05) is 44.0 Å². The molecule has 0 saturated carbocycles. The van der Waals surface area contributed by atoms with Crippen molar-refractivity contribution in [3.8, 4) is 0 Å². The van der Waals surface area contributed by atoms with Gasteiger partial charge < -0.3 is 16.0 Å². The molecule has 1 amide bonds. The number of ketones is 1. The maximum atomic E-state index is 13.6.